The molecular weight excluding hydrogens is 136 g/mol. The molecule has 11 heavy (non-hydrogen) atoms. The molecule has 0 bridgehead atoms. The molecule has 0 aliphatic heterocycles. The first-order chi connectivity index (χ1) is 5.27. The number of nitrogens with zero attached hydrogens (tertiary/aromatic N) is 1. The Morgan fingerprint density at radius 3 is 2.82 bits per heavy atom. The molecule has 1 aromatic rings. The van der Waals surface area contributed by atoms with Crippen LogP contribution in [0.2, 0.25) is 0 Å². The van der Waals surface area contributed by atoms with Crippen LogP contribution < -0.4 is 5.32 Å². The van der Waals surface area contributed by atoms with E-state index in [1.54, 1.807) is 12.3 Å². The van der Waals surface area contributed by atoms with Gasteiger partial charge in [-0.2, -0.15) is 0 Å². The van der Waals surface area contributed by atoms with Gasteiger partial charge in [0.15, 0.2) is 0 Å². The maximum atomic E-state index is 4.19. The highest BCUT2D eigenvalue weighted by atomic mass is 15.0. The summed E-state index contributed by atoms with van der Waals surface area (Å²) in [7, 11) is 1.86. The topological polar surface area (TPSA) is 24.9 Å². The van der Waals surface area contributed by atoms with Gasteiger partial charge in [-0.3, -0.25) is 0 Å². The Labute approximate surface area is 67.0 Å². The van der Waals surface area contributed by atoms with Crippen LogP contribution in [0, 0.1) is 6.92 Å². The fourth-order valence-electron chi connectivity index (χ4n) is 0.970. The van der Waals surface area contributed by atoms with Crippen LogP contribution >= 0.6 is 0 Å². The number of anilines is 1. The highest BCUT2D eigenvalue weighted by molar-refractivity contribution is 5.52. The summed E-state index contributed by atoms with van der Waals surface area (Å²) in [4.78, 5) is 4.19. The van der Waals surface area contributed by atoms with Crippen molar-refractivity contribution in [2.45, 2.75) is 6.92 Å². The van der Waals surface area contributed by atoms with Crippen molar-refractivity contribution in [3.8, 4) is 0 Å². The van der Waals surface area contributed by atoms with Crippen LogP contribution in [-0.2, 0) is 0 Å². The van der Waals surface area contributed by atoms with Crippen LogP contribution in [0.5, 0.6) is 0 Å². The number of hydrogen-bond acceptors (Lipinski definition) is 2. The molecule has 1 heterocycles. The molecule has 2 heteroatoms. The van der Waals surface area contributed by atoms with Crippen molar-refractivity contribution in [3.63, 3.8) is 0 Å². The van der Waals surface area contributed by atoms with Crippen molar-refractivity contribution in [3.05, 3.63) is 30.0 Å². The summed E-state index contributed by atoms with van der Waals surface area (Å²) < 4.78 is 0. The van der Waals surface area contributed by atoms with Crippen molar-refractivity contribution in [1.82, 2.24) is 4.98 Å². The van der Waals surface area contributed by atoms with E-state index in [1.807, 2.05) is 20.0 Å². The van der Waals surface area contributed by atoms with E-state index in [9.17, 15) is 0 Å². The molecule has 1 N–H and O–H groups in total. The predicted octanol–water partition coefficient (Wildman–Crippen LogP) is 2.07. The van der Waals surface area contributed by atoms with Gasteiger partial charge in [0, 0.05) is 13.2 Å². The highest BCUT2D eigenvalue weighted by Crippen LogP contribution is 2.11. The minimum atomic E-state index is 0.926. The average molecular weight is 148 g/mol. The van der Waals surface area contributed by atoms with E-state index in [1.165, 1.54) is 0 Å². The standard InChI is InChI=1S/C9H12N2/c1-4-8-5-7(2)9(10-3)11-6-8/h4-6H,1H2,2-3H3,(H,10,11). The Hall–Kier alpha value is -1.31. The van der Waals surface area contributed by atoms with E-state index in [2.05, 4.69) is 16.9 Å². The lowest BCUT2D eigenvalue weighted by Crippen LogP contribution is -1.95. The van der Waals surface area contributed by atoms with Crippen LogP contribution in [0.1, 0.15) is 11.1 Å². The average Bonchev–Trinajstić information content (AvgIpc) is 2.04. The summed E-state index contributed by atoms with van der Waals surface area (Å²) in [5.74, 6) is 0.926. The van der Waals surface area contributed by atoms with Gasteiger partial charge in [0.05, 0.1) is 0 Å². The molecule has 1 rings (SSSR count). The molecular formula is C9H12N2. The van der Waals surface area contributed by atoms with E-state index in [0.717, 1.165) is 16.9 Å². The quantitative estimate of drug-likeness (QED) is 0.694. The van der Waals surface area contributed by atoms with Crippen LogP contribution in [0.25, 0.3) is 6.08 Å². The molecule has 0 amide bonds. The summed E-state index contributed by atoms with van der Waals surface area (Å²) in [5.41, 5.74) is 2.20. The normalized spacial score (nSPS) is 9.27. The van der Waals surface area contributed by atoms with Gasteiger partial charge in [-0.05, 0) is 24.1 Å². The fourth-order valence-corrected chi connectivity index (χ4v) is 0.970. The van der Waals surface area contributed by atoms with Crippen molar-refractivity contribution >= 4 is 11.9 Å². The van der Waals surface area contributed by atoms with Gasteiger partial charge < -0.3 is 5.32 Å². The Bertz CT molecular complexity index is 266. The SMILES string of the molecule is C=Cc1cnc(NC)c(C)c1. The lowest BCUT2D eigenvalue weighted by Gasteiger charge is -2.03. The summed E-state index contributed by atoms with van der Waals surface area (Å²) in [6.45, 7) is 5.69. The Balaban J connectivity index is 3.09. The van der Waals surface area contributed by atoms with Gasteiger partial charge in [0.2, 0.25) is 0 Å². The minimum absolute atomic E-state index is 0.926. The third kappa shape index (κ3) is 1.58. The first-order valence-corrected chi connectivity index (χ1v) is 3.54. The van der Waals surface area contributed by atoms with Gasteiger partial charge in [0.25, 0.3) is 0 Å². The van der Waals surface area contributed by atoms with Gasteiger partial charge in [-0.15, -0.1) is 0 Å². The smallest absolute Gasteiger partial charge is 0.128 e. The zero-order valence-corrected chi connectivity index (χ0v) is 6.89. The molecule has 0 spiro atoms. The Morgan fingerprint density at radius 2 is 2.36 bits per heavy atom. The van der Waals surface area contributed by atoms with E-state index in [0.29, 0.717) is 0 Å². The van der Waals surface area contributed by atoms with Crippen LogP contribution in [0.4, 0.5) is 5.82 Å². The Morgan fingerprint density at radius 1 is 1.64 bits per heavy atom. The molecule has 0 unspecified atom stereocenters. The largest absolute Gasteiger partial charge is 0.373 e. The molecule has 0 radical (unpaired) electrons. The highest BCUT2D eigenvalue weighted by Gasteiger charge is 1.95. The van der Waals surface area contributed by atoms with E-state index in [-0.39, 0.29) is 0 Å². The van der Waals surface area contributed by atoms with E-state index >= 15 is 0 Å². The zero-order chi connectivity index (χ0) is 8.27. The van der Waals surface area contributed by atoms with Gasteiger partial charge in [0.1, 0.15) is 5.82 Å². The number of pyridine rings is 1. The van der Waals surface area contributed by atoms with Crippen molar-refractivity contribution in [2.24, 2.45) is 0 Å². The van der Waals surface area contributed by atoms with Gasteiger partial charge in [-0.1, -0.05) is 12.7 Å². The summed E-state index contributed by atoms with van der Waals surface area (Å²) in [6.07, 6.45) is 3.59. The number of aryl methyl sites for hydroxylation is 1. The van der Waals surface area contributed by atoms with Crippen LogP contribution in [0.3, 0.4) is 0 Å². The first kappa shape index (κ1) is 7.79. The maximum absolute atomic E-state index is 4.19. The lowest BCUT2D eigenvalue weighted by atomic mass is 10.2. The summed E-state index contributed by atoms with van der Waals surface area (Å²) >= 11 is 0. The molecule has 0 saturated carbocycles. The van der Waals surface area contributed by atoms with Gasteiger partial charge in [-0.25, -0.2) is 4.98 Å². The van der Waals surface area contributed by atoms with Crippen molar-refractivity contribution < 1.29 is 0 Å². The predicted molar refractivity (Wildman–Crippen MR) is 48.6 cm³/mol. The number of rotatable bonds is 2. The molecule has 58 valence electrons. The van der Waals surface area contributed by atoms with E-state index in [4.69, 9.17) is 0 Å². The second-order valence-electron chi connectivity index (χ2n) is 2.39. The third-order valence-corrected chi connectivity index (χ3v) is 1.57. The second kappa shape index (κ2) is 3.19. The lowest BCUT2D eigenvalue weighted by molar-refractivity contribution is 1.23. The molecule has 0 fully saturated rings. The minimum Gasteiger partial charge on any atom is -0.373 e. The van der Waals surface area contributed by atoms with Crippen LogP contribution in [0.15, 0.2) is 18.8 Å². The summed E-state index contributed by atoms with van der Waals surface area (Å²) in [6, 6.07) is 2.05. The molecule has 0 aliphatic rings. The Kier molecular flexibility index (Phi) is 2.26. The third-order valence-electron chi connectivity index (χ3n) is 1.57. The van der Waals surface area contributed by atoms with Crippen molar-refractivity contribution in [2.75, 3.05) is 12.4 Å². The molecule has 0 aromatic carbocycles. The van der Waals surface area contributed by atoms with Gasteiger partial charge >= 0.3 is 0 Å². The van der Waals surface area contributed by atoms with E-state index < -0.39 is 0 Å². The van der Waals surface area contributed by atoms with Crippen LogP contribution in [-0.4, -0.2) is 12.0 Å². The molecule has 0 aliphatic carbocycles. The fraction of sp³-hybridized carbons (Fsp3) is 0.222. The molecule has 0 saturated heterocycles. The number of aromatic nitrogens is 1. The number of hydrogen-bond donors (Lipinski definition) is 1. The second-order valence-corrected chi connectivity index (χ2v) is 2.39. The molecule has 1 aromatic heterocycles. The molecule has 0 atom stereocenters. The number of nitrogens with one attached hydrogen (secondary N) is 1. The first-order valence-electron chi connectivity index (χ1n) is 3.54. The summed E-state index contributed by atoms with van der Waals surface area (Å²) in [5, 5.41) is 3.00. The monoisotopic (exact) mass is 148 g/mol. The molecule has 2 nitrogen and oxygen atoms in total. The zero-order valence-electron chi connectivity index (χ0n) is 6.89. The van der Waals surface area contributed by atoms with Crippen molar-refractivity contribution in [1.29, 1.82) is 0 Å². The maximum Gasteiger partial charge on any atom is 0.128 e.